The number of rotatable bonds is 9. The Morgan fingerprint density at radius 3 is 2.72 bits per heavy atom. The molecule has 0 saturated heterocycles. The summed E-state index contributed by atoms with van der Waals surface area (Å²) in [5.41, 5.74) is 9.45. The SMILES string of the molecule is Br.C=C/C=C\C1=C(C)CN(C(/C=C/N)=C/C=C/CN(N)CC2CC2)C1. The lowest BCUT2D eigenvalue weighted by atomic mass is 10.2. The Morgan fingerprint density at radius 2 is 2.08 bits per heavy atom. The van der Waals surface area contributed by atoms with Gasteiger partial charge in [0.05, 0.1) is 0 Å². The first-order valence-corrected chi connectivity index (χ1v) is 8.61. The van der Waals surface area contributed by atoms with Gasteiger partial charge in [-0.15, -0.1) is 17.0 Å². The van der Waals surface area contributed by atoms with Gasteiger partial charge in [0, 0.05) is 31.9 Å². The summed E-state index contributed by atoms with van der Waals surface area (Å²) in [5.74, 6) is 6.81. The summed E-state index contributed by atoms with van der Waals surface area (Å²) in [6, 6.07) is 0. The van der Waals surface area contributed by atoms with Crippen molar-refractivity contribution in [3.63, 3.8) is 0 Å². The molecule has 1 aliphatic carbocycles. The minimum absolute atomic E-state index is 0. The summed E-state index contributed by atoms with van der Waals surface area (Å²) in [5, 5.41) is 1.89. The fraction of sp³-hybridized carbons (Fsp3) is 0.400. The van der Waals surface area contributed by atoms with E-state index >= 15 is 0 Å². The van der Waals surface area contributed by atoms with Crippen LogP contribution in [-0.2, 0) is 0 Å². The van der Waals surface area contributed by atoms with E-state index in [-0.39, 0.29) is 17.0 Å². The molecule has 0 bridgehead atoms. The van der Waals surface area contributed by atoms with Crippen molar-refractivity contribution in [1.82, 2.24) is 9.91 Å². The van der Waals surface area contributed by atoms with Gasteiger partial charge in [-0.2, -0.15) is 0 Å². The maximum Gasteiger partial charge on any atom is 0.0433 e. The predicted octanol–water partition coefficient (Wildman–Crippen LogP) is 3.44. The van der Waals surface area contributed by atoms with Gasteiger partial charge >= 0.3 is 0 Å². The summed E-state index contributed by atoms with van der Waals surface area (Å²) in [6.45, 7) is 9.49. The van der Waals surface area contributed by atoms with Crippen molar-refractivity contribution in [2.24, 2.45) is 17.5 Å². The van der Waals surface area contributed by atoms with Gasteiger partial charge in [0.15, 0.2) is 0 Å². The molecule has 138 valence electrons. The van der Waals surface area contributed by atoms with E-state index in [4.69, 9.17) is 11.6 Å². The monoisotopic (exact) mass is 406 g/mol. The molecule has 4 N–H and O–H groups in total. The first-order valence-electron chi connectivity index (χ1n) is 8.61. The van der Waals surface area contributed by atoms with Crippen molar-refractivity contribution in [2.45, 2.75) is 19.8 Å². The fourth-order valence-electron chi connectivity index (χ4n) is 2.78. The van der Waals surface area contributed by atoms with E-state index < -0.39 is 0 Å². The average molecular weight is 407 g/mol. The lowest BCUT2D eigenvalue weighted by molar-refractivity contribution is 0.301. The van der Waals surface area contributed by atoms with E-state index in [2.05, 4.69) is 42.7 Å². The smallest absolute Gasteiger partial charge is 0.0433 e. The molecule has 4 nitrogen and oxygen atoms in total. The van der Waals surface area contributed by atoms with E-state index in [0.717, 1.165) is 37.8 Å². The van der Waals surface area contributed by atoms with Crippen molar-refractivity contribution in [1.29, 1.82) is 0 Å². The second kappa shape index (κ2) is 11.1. The zero-order valence-corrected chi connectivity index (χ0v) is 16.8. The molecule has 0 aromatic rings. The molecule has 0 aromatic carbocycles. The average Bonchev–Trinajstić information content (AvgIpc) is 3.29. The Hall–Kier alpha value is -1.56. The number of halogens is 1. The third-order valence-electron chi connectivity index (χ3n) is 4.34. The standard InChI is InChI=1S/C20H30N4.BrH/c1-3-4-7-19-16-23(14-17(19)2)20(11-12-21)8-5-6-13-24(22)15-18-9-10-18;/h3-8,11-12,18H,1,9-10,13-16,21-22H2,2H3;1H/b6-5+,7-4-,12-11+,20-8+;. The minimum atomic E-state index is 0. The summed E-state index contributed by atoms with van der Waals surface area (Å²) < 4.78 is 0. The number of hydrogen-bond acceptors (Lipinski definition) is 4. The van der Waals surface area contributed by atoms with Gasteiger partial charge < -0.3 is 10.6 Å². The number of allylic oxidation sites excluding steroid dienone is 5. The Labute approximate surface area is 162 Å². The van der Waals surface area contributed by atoms with Gasteiger partial charge in [0.2, 0.25) is 0 Å². The van der Waals surface area contributed by atoms with Crippen molar-refractivity contribution in [3.05, 3.63) is 72.2 Å². The van der Waals surface area contributed by atoms with Crippen LogP contribution in [0.4, 0.5) is 0 Å². The minimum Gasteiger partial charge on any atom is -0.405 e. The molecule has 1 saturated carbocycles. The van der Waals surface area contributed by atoms with Gasteiger partial charge in [-0.1, -0.05) is 37.0 Å². The highest BCUT2D eigenvalue weighted by Crippen LogP contribution is 2.28. The molecule has 2 aliphatic rings. The molecule has 0 amide bonds. The normalized spacial score (nSPS) is 19.0. The van der Waals surface area contributed by atoms with Gasteiger partial charge in [0.25, 0.3) is 0 Å². The van der Waals surface area contributed by atoms with E-state index in [1.165, 1.54) is 24.0 Å². The molecule has 0 unspecified atom stereocenters. The van der Waals surface area contributed by atoms with Gasteiger partial charge in [-0.25, -0.2) is 5.01 Å². The first kappa shape index (κ1) is 21.5. The Balaban J connectivity index is 0.00000312. The van der Waals surface area contributed by atoms with Gasteiger partial charge in [-0.3, -0.25) is 5.84 Å². The fourth-order valence-corrected chi connectivity index (χ4v) is 2.78. The molecule has 5 heteroatoms. The van der Waals surface area contributed by atoms with Crippen LogP contribution in [-0.4, -0.2) is 36.1 Å². The lowest BCUT2D eigenvalue weighted by Gasteiger charge is -2.19. The molecule has 25 heavy (non-hydrogen) atoms. The summed E-state index contributed by atoms with van der Waals surface area (Å²) in [4.78, 5) is 2.32. The molecular weight excluding hydrogens is 376 g/mol. The Morgan fingerprint density at radius 1 is 1.32 bits per heavy atom. The summed E-state index contributed by atoms with van der Waals surface area (Å²) in [6.07, 6.45) is 18.4. The summed E-state index contributed by atoms with van der Waals surface area (Å²) in [7, 11) is 0. The lowest BCUT2D eigenvalue weighted by Crippen LogP contribution is -2.33. The van der Waals surface area contributed by atoms with E-state index in [1.54, 1.807) is 6.20 Å². The quantitative estimate of drug-likeness (QED) is 0.349. The highest BCUT2D eigenvalue weighted by molar-refractivity contribution is 8.93. The molecule has 2 rings (SSSR count). The zero-order chi connectivity index (χ0) is 17.4. The second-order valence-corrected chi connectivity index (χ2v) is 6.53. The molecule has 0 aromatic heterocycles. The first-order chi connectivity index (χ1) is 11.6. The largest absolute Gasteiger partial charge is 0.405 e. The van der Waals surface area contributed by atoms with Crippen LogP contribution < -0.4 is 11.6 Å². The molecule has 1 heterocycles. The third-order valence-corrected chi connectivity index (χ3v) is 4.34. The zero-order valence-electron chi connectivity index (χ0n) is 15.1. The Kier molecular flexibility index (Phi) is 9.57. The third kappa shape index (κ3) is 7.46. The van der Waals surface area contributed by atoms with E-state index in [0.29, 0.717) is 0 Å². The number of hydrogen-bond donors (Lipinski definition) is 2. The van der Waals surface area contributed by atoms with Crippen molar-refractivity contribution in [2.75, 3.05) is 26.2 Å². The van der Waals surface area contributed by atoms with Crippen LogP contribution in [0.5, 0.6) is 0 Å². The molecule has 0 radical (unpaired) electrons. The Bertz CT molecular complexity index is 583. The summed E-state index contributed by atoms with van der Waals surface area (Å²) >= 11 is 0. The van der Waals surface area contributed by atoms with Crippen molar-refractivity contribution < 1.29 is 0 Å². The molecule has 0 spiro atoms. The van der Waals surface area contributed by atoms with Crippen LogP contribution in [0, 0.1) is 5.92 Å². The van der Waals surface area contributed by atoms with Gasteiger partial charge in [0.1, 0.15) is 0 Å². The number of hydrazine groups is 1. The van der Waals surface area contributed by atoms with E-state index in [1.807, 2.05) is 23.2 Å². The van der Waals surface area contributed by atoms with Crippen molar-refractivity contribution in [3.8, 4) is 0 Å². The van der Waals surface area contributed by atoms with Crippen molar-refractivity contribution >= 4 is 17.0 Å². The highest BCUT2D eigenvalue weighted by Gasteiger charge is 2.22. The predicted molar refractivity (Wildman–Crippen MR) is 113 cm³/mol. The van der Waals surface area contributed by atoms with Crippen LogP contribution in [0.15, 0.2) is 72.2 Å². The van der Waals surface area contributed by atoms with Crippen LogP contribution in [0.25, 0.3) is 0 Å². The molecule has 1 fully saturated rings. The maximum atomic E-state index is 5.99. The maximum absolute atomic E-state index is 5.99. The molecule has 0 atom stereocenters. The van der Waals surface area contributed by atoms with Crippen LogP contribution in [0.2, 0.25) is 0 Å². The molecular formula is C20H31BrN4. The van der Waals surface area contributed by atoms with Crippen LogP contribution in [0.3, 0.4) is 0 Å². The topological polar surface area (TPSA) is 58.5 Å². The van der Waals surface area contributed by atoms with Crippen LogP contribution in [0.1, 0.15) is 19.8 Å². The number of nitrogens with zero attached hydrogens (tertiary/aromatic N) is 2. The van der Waals surface area contributed by atoms with Crippen LogP contribution >= 0.6 is 17.0 Å². The molecule has 1 aliphatic heterocycles. The van der Waals surface area contributed by atoms with Gasteiger partial charge in [-0.05, 0) is 55.2 Å². The second-order valence-electron chi connectivity index (χ2n) is 6.53. The number of nitrogens with two attached hydrogens (primary N) is 2. The highest BCUT2D eigenvalue weighted by atomic mass is 79.9. The van der Waals surface area contributed by atoms with E-state index in [9.17, 15) is 0 Å².